The average molecular weight is 338 g/mol. The average Bonchev–Trinajstić information content (AvgIpc) is 2.42. The van der Waals surface area contributed by atoms with E-state index in [0.717, 1.165) is 0 Å². The van der Waals surface area contributed by atoms with E-state index >= 15 is 0 Å². The van der Waals surface area contributed by atoms with E-state index in [-0.39, 0.29) is 17.9 Å². The molecule has 0 atom stereocenters. The lowest BCUT2D eigenvalue weighted by atomic mass is 10.0. The molecule has 2 aromatic rings. The number of ether oxygens (including phenoxy) is 1. The lowest BCUT2D eigenvalue weighted by molar-refractivity contribution is 0.0992. The van der Waals surface area contributed by atoms with Gasteiger partial charge in [-0.05, 0) is 29.8 Å². The molecule has 0 spiro atoms. The molecule has 0 amide bonds. The van der Waals surface area contributed by atoms with E-state index in [1.165, 1.54) is 13.2 Å². The number of halogens is 2. The van der Waals surface area contributed by atoms with Crippen LogP contribution in [0.1, 0.15) is 15.9 Å². The Bertz CT molecular complexity index is 658. The van der Waals surface area contributed by atoms with E-state index in [2.05, 4.69) is 15.9 Å². The van der Waals surface area contributed by atoms with Crippen molar-refractivity contribution in [2.24, 2.45) is 0 Å². The molecule has 2 rings (SSSR count). The second-order valence-electron chi connectivity index (χ2n) is 4.26. The Morgan fingerprint density at radius 1 is 1.35 bits per heavy atom. The van der Waals surface area contributed by atoms with Crippen LogP contribution < -0.4 is 10.5 Å². The van der Waals surface area contributed by atoms with Gasteiger partial charge in [-0.2, -0.15) is 0 Å². The van der Waals surface area contributed by atoms with Crippen LogP contribution >= 0.6 is 15.9 Å². The predicted molar refractivity (Wildman–Crippen MR) is 79.5 cm³/mol. The maximum atomic E-state index is 13.7. The van der Waals surface area contributed by atoms with Crippen molar-refractivity contribution in [2.75, 3.05) is 12.8 Å². The van der Waals surface area contributed by atoms with E-state index in [1.807, 2.05) is 0 Å². The number of hydrogen-bond donors (Lipinski definition) is 1. The minimum absolute atomic E-state index is 0.0452. The molecule has 0 unspecified atom stereocenters. The van der Waals surface area contributed by atoms with Crippen LogP contribution in [0.4, 0.5) is 10.1 Å². The van der Waals surface area contributed by atoms with Crippen molar-refractivity contribution in [1.29, 1.82) is 0 Å². The van der Waals surface area contributed by atoms with Crippen LogP contribution in [0.25, 0.3) is 0 Å². The van der Waals surface area contributed by atoms with Gasteiger partial charge in [-0.15, -0.1) is 0 Å². The Hall–Kier alpha value is -1.88. The van der Waals surface area contributed by atoms with Gasteiger partial charge in [0.15, 0.2) is 5.78 Å². The summed E-state index contributed by atoms with van der Waals surface area (Å²) < 4.78 is 19.4. The Morgan fingerprint density at radius 2 is 2.10 bits per heavy atom. The summed E-state index contributed by atoms with van der Waals surface area (Å²) in [6, 6.07) is 9.56. The summed E-state index contributed by atoms with van der Waals surface area (Å²) in [6.45, 7) is 0. The van der Waals surface area contributed by atoms with Crippen LogP contribution in [0.15, 0.2) is 40.9 Å². The van der Waals surface area contributed by atoms with Gasteiger partial charge in [0, 0.05) is 16.5 Å². The first kappa shape index (κ1) is 14.5. The van der Waals surface area contributed by atoms with Crippen LogP contribution in [-0.4, -0.2) is 12.9 Å². The number of anilines is 1. The number of carbonyl (C=O) groups excluding carboxylic acids is 1. The number of hydrogen-bond acceptors (Lipinski definition) is 3. The number of para-hydroxylation sites is 1. The lowest BCUT2D eigenvalue weighted by Crippen LogP contribution is -2.09. The molecule has 0 aliphatic carbocycles. The molecule has 104 valence electrons. The summed E-state index contributed by atoms with van der Waals surface area (Å²) in [5.41, 5.74) is 6.81. The second kappa shape index (κ2) is 6.05. The maximum Gasteiger partial charge on any atom is 0.169 e. The number of nitrogen functional groups attached to an aromatic ring is 1. The molecule has 0 saturated heterocycles. The molecular formula is C15H13BrFNO2. The maximum absolute atomic E-state index is 13.7. The third-order valence-electron chi connectivity index (χ3n) is 2.95. The topological polar surface area (TPSA) is 52.3 Å². The minimum Gasteiger partial charge on any atom is -0.495 e. The quantitative estimate of drug-likeness (QED) is 0.685. The largest absolute Gasteiger partial charge is 0.495 e. The smallest absolute Gasteiger partial charge is 0.169 e. The zero-order valence-electron chi connectivity index (χ0n) is 10.8. The van der Waals surface area contributed by atoms with Crippen LogP contribution in [0, 0.1) is 5.82 Å². The van der Waals surface area contributed by atoms with Crippen molar-refractivity contribution in [3.8, 4) is 5.75 Å². The van der Waals surface area contributed by atoms with Gasteiger partial charge >= 0.3 is 0 Å². The summed E-state index contributed by atoms with van der Waals surface area (Å²) in [5.74, 6) is -0.232. The highest BCUT2D eigenvalue weighted by Gasteiger charge is 2.15. The number of nitrogens with two attached hydrogens (primary N) is 1. The summed E-state index contributed by atoms with van der Waals surface area (Å²) in [4.78, 5) is 12.2. The molecule has 0 radical (unpaired) electrons. The number of carbonyl (C=O) groups is 1. The molecule has 5 heteroatoms. The first-order valence-electron chi connectivity index (χ1n) is 5.92. The predicted octanol–water partition coefficient (Wildman–Crippen LogP) is 3.60. The zero-order chi connectivity index (χ0) is 14.7. The van der Waals surface area contributed by atoms with Crippen molar-refractivity contribution in [3.05, 3.63) is 57.8 Å². The molecular weight excluding hydrogens is 325 g/mol. The van der Waals surface area contributed by atoms with Gasteiger partial charge in [0.2, 0.25) is 0 Å². The van der Waals surface area contributed by atoms with E-state index in [9.17, 15) is 9.18 Å². The molecule has 2 N–H and O–H groups in total. The SMILES string of the molecule is COc1cccc(C(=O)Cc2ccc(Br)cc2F)c1N. The molecule has 0 fully saturated rings. The highest BCUT2D eigenvalue weighted by Crippen LogP contribution is 2.26. The van der Waals surface area contributed by atoms with Crippen molar-refractivity contribution >= 4 is 27.4 Å². The van der Waals surface area contributed by atoms with Crippen LogP contribution in [0.5, 0.6) is 5.75 Å². The molecule has 0 aromatic heterocycles. The first-order chi connectivity index (χ1) is 9.52. The van der Waals surface area contributed by atoms with Gasteiger partial charge in [0.05, 0.1) is 12.8 Å². The Labute approximate surface area is 124 Å². The Morgan fingerprint density at radius 3 is 2.75 bits per heavy atom. The lowest BCUT2D eigenvalue weighted by Gasteiger charge is -2.09. The molecule has 2 aromatic carbocycles. The monoisotopic (exact) mass is 337 g/mol. The summed E-state index contributed by atoms with van der Waals surface area (Å²) >= 11 is 3.18. The van der Waals surface area contributed by atoms with Crippen LogP contribution in [-0.2, 0) is 6.42 Å². The highest BCUT2D eigenvalue weighted by molar-refractivity contribution is 9.10. The van der Waals surface area contributed by atoms with Gasteiger partial charge in [-0.25, -0.2) is 4.39 Å². The fraction of sp³-hybridized carbons (Fsp3) is 0.133. The summed E-state index contributed by atoms with van der Waals surface area (Å²) in [6.07, 6.45) is -0.0452. The Kier molecular flexibility index (Phi) is 4.39. The van der Waals surface area contributed by atoms with Crippen molar-refractivity contribution in [1.82, 2.24) is 0 Å². The van der Waals surface area contributed by atoms with Gasteiger partial charge in [0.1, 0.15) is 11.6 Å². The van der Waals surface area contributed by atoms with E-state index < -0.39 is 5.82 Å². The first-order valence-corrected chi connectivity index (χ1v) is 6.72. The van der Waals surface area contributed by atoms with E-state index in [4.69, 9.17) is 10.5 Å². The summed E-state index contributed by atoms with van der Waals surface area (Å²) in [5, 5.41) is 0. The van der Waals surface area contributed by atoms with E-state index in [0.29, 0.717) is 21.3 Å². The van der Waals surface area contributed by atoms with Gasteiger partial charge < -0.3 is 10.5 Å². The fourth-order valence-corrected chi connectivity index (χ4v) is 2.23. The van der Waals surface area contributed by atoms with Gasteiger partial charge in [0.25, 0.3) is 0 Å². The van der Waals surface area contributed by atoms with Crippen LogP contribution in [0.2, 0.25) is 0 Å². The third-order valence-corrected chi connectivity index (χ3v) is 3.45. The number of methoxy groups -OCH3 is 1. The second-order valence-corrected chi connectivity index (χ2v) is 5.17. The van der Waals surface area contributed by atoms with E-state index in [1.54, 1.807) is 30.3 Å². The molecule has 0 aliphatic heterocycles. The van der Waals surface area contributed by atoms with Crippen LogP contribution in [0.3, 0.4) is 0 Å². The number of benzene rings is 2. The third kappa shape index (κ3) is 2.99. The molecule has 20 heavy (non-hydrogen) atoms. The molecule has 3 nitrogen and oxygen atoms in total. The number of ketones is 1. The number of rotatable bonds is 4. The van der Waals surface area contributed by atoms with Crippen molar-refractivity contribution in [2.45, 2.75) is 6.42 Å². The zero-order valence-corrected chi connectivity index (χ0v) is 12.4. The fourth-order valence-electron chi connectivity index (χ4n) is 1.90. The minimum atomic E-state index is -0.422. The normalized spacial score (nSPS) is 10.3. The molecule has 0 bridgehead atoms. The molecule has 0 saturated carbocycles. The molecule has 0 aliphatic rings. The van der Waals surface area contributed by atoms with Crippen molar-refractivity contribution in [3.63, 3.8) is 0 Å². The highest BCUT2D eigenvalue weighted by atomic mass is 79.9. The standard InChI is InChI=1S/C15H13BrFNO2/c1-20-14-4-2-3-11(15(14)18)13(19)7-9-5-6-10(16)8-12(9)17/h2-6,8H,7,18H2,1H3. The Balaban J connectivity index is 2.28. The van der Waals surface area contributed by atoms with Gasteiger partial charge in [-0.1, -0.05) is 28.1 Å². The molecule has 0 heterocycles. The van der Waals surface area contributed by atoms with Gasteiger partial charge in [-0.3, -0.25) is 4.79 Å². The van der Waals surface area contributed by atoms with Crippen molar-refractivity contribution < 1.29 is 13.9 Å². The summed E-state index contributed by atoms with van der Waals surface area (Å²) in [7, 11) is 1.48. The number of Topliss-reactive ketones (excluding diaryl/α,β-unsaturated/α-hetero) is 1.